The van der Waals surface area contributed by atoms with E-state index in [4.69, 9.17) is 16.3 Å². The molecule has 124 valence electrons. The predicted octanol–water partition coefficient (Wildman–Crippen LogP) is 3.54. The standard InChI is InChI=1S/C15H12ClF2N5O/c1-9-4-5-19-15(20-9)24-8-10-7-23(22-21-10)11-2-3-13(16)12(6-11)14(17)18/h2-7,14H,8H2,1H3. The van der Waals surface area contributed by atoms with Gasteiger partial charge < -0.3 is 4.74 Å². The Bertz CT molecular complexity index is 855. The van der Waals surface area contributed by atoms with Gasteiger partial charge in [0.25, 0.3) is 6.43 Å². The van der Waals surface area contributed by atoms with Crippen molar-refractivity contribution < 1.29 is 13.5 Å². The van der Waals surface area contributed by atoms with Crippen LogP contribution in [-0.4, -0.2) is 25.0 Å². The number of benzene rings is 1. The van der Waals surface area contributed by atoms with Gasteiger partial charge in [0, 0.05) is 22.5 Å². The number of hydrogen-bond donors (Lipinski definition) is 0. The molecule has 0 fully saturated rings. The van der Waals surface area contributed by atoms with Crippen LogP contribution in [0.5, 0.6) is 6.01 Å². The number of halogens is 3. The molecule has 0 N–H and O–H groups in total. The molecule has 0 saturated carbocycles. The first-order valence-corrected chi connectivity index (χ1v) is 7.32. The zero-order chi connectivity index (χ0) is 17.1. The topological polar surface area (TPSA) is 65.7 Å². The molecule has 2 heterocycles. The monoisotopic (exact) mass is 351 g/mol. The summed E-state index contributed by atoms with van der Waals surface area (Å²) in [4.78, 5) is 8.08. The highest BCUT2D eigenvalue weighted by Crippen LogP contribution is 2.28. The second kappa shape index (κ2) is 6.88. The number of rotatable bonds is 5. The third kappa shape index (κ3) is 3.65. The molecule has 3 rings (SSSR count). The molecule has 0 amide bonds. The van der Waals surface area contributed by atoms with Crippen molar-refractivity contribution >= 4 is 11.6 Å². The minimum atomic E-state index is -2.66. The van der Waals surface area contributed by atoms with Crippen molar-refractivity contribution in [2.24, 2.45) is 0 Å². The van der Waals surface area contributed by atoms with E-state index in [1.807, 2.05) is 6.92 Å². The molecular weight excluding hydrogens is 340 g/mol. The SMILES string of the molecule is Cc1ccnc(OCc2cn(-c3ccc(Cl)c(C(F)F)c3)nn2)n1. The molecule has 9 heteroatoms. The molecule has 1 aromatic carbocycles. The number of aromatic nitrogens is 5. The number of alkyl halides is 2. The van der Waals surface area contributed by atoms with Gasteiger partial charge in [-0.1, -0.05) is 16.8 Å². The van der Waals surface area contributed by atoms with Crippen LogP contribution in [0.2, 0.25) is 5.02 Å². The van der Waals surface area contributed by atoms with E-state index < -0.39 is 6.43 Å². The van der Waals surface area contributed by atoms with E-state index >= 15 is 0 Å². The van der Waals surface area contributed by atoms with Gasteiger partial charge in [0.2, 0.25) is 0 Å². The summed E-state index contributed by atoms with van der Waals surface area (Å²) in [6.07, 6.45) is 0.504. The zero-order valence-electron chi connectivity index (χ0n) is 12.5. The van der Waals surface area contributed by atoms with Crippen LogP contribution < -0.4 is 4.74 Å². The summed E-state index contributed by atoms with van der Waals surface area (Å²) in [5.41, 5.74) is 1.47. The van der Waals surface area contributed by atoms with Crippen LogP contribution in [0.15, 0.2) is 36.7 Å². The molecule has 0 unspecified atom stereocenters. The normalized spacial score (nSPS) is 11.0. The van der Waals surface area contributed by atoms with Crippen LogP contribution in [0.25, 0.3) is 5.69 Å². The Hall–Kier alpha value is -2.61. The Morgan fingerprint density at radius 1 is 1.29 bits per heavy atom. The fourth-order valence-electron chi connectivity index (χ4n) is 1.97. The molecule has 0 bridgehead atoms. The third-order valence-corrected chi connectivity index (χ3v) is 3.49. The predicted molar refractivity (Wildman–Crippen MR) is 82.4 cm³/mol. The van der Waals surface area contributed by atoms with Crippen molar-refractivity contribution in [3.63, 3.8) is 0 Å². The van der Waals surface area contributed by atoms with Gasteiger partial charge in [-0.25, -0.2) is 23.4 Å². The van der Waals surface area contributed by atoms with Crippen LogP contribution in [0, 0.1) is 6.92 Å². The lowest BCUT2D eigenvalue weighted by Crippen LogP contribution is -2.00. The lowest BCUT2D eigenvalue weighted by atomic mass is 10.2. The third-order valence-electron chi connectivity index (χ3n) is 3.14. The van der Waals surface area contributed by atoms with E-state index in [-0.39, 0.29) is 23.2 Å². The van der Waals surface area contributed by atoms with Crippen molar-refractivity contribution in [2.45, 2.75) is 20.0 Å². The largest absolute Gasteiger partial charge is 0.457 e. The van der Waals surface area contributed by atoms with Gasteiger partial charge in [0.05, 0.1) is 11.9 Å². The first-order valence-electron chi connectivity index (χ1n) is 6.94. The quantitative estimate of drug-likeness (QED) is 0.703. The van der Waals surface area contributed by atoms with E-state index in [0.717, 1.165) is 5.69 Å². The number of hydrogen-bond acceptors (Lipinski definition) is 5. The first-order chi connectivity index (χ1) is 11.5. The van der Waals surface area contributed by atoms with E-state index in [1.165, 1.54) is 16.8 Å². The first kappa shape index (κ1) is 16.3. The maximum atomic E-state index is 12.9. The molecule has 6 nitrogen and oxygen atoms in total. The van der Waals surface area contributed by atoms with Crippen LogP contribution in [0.4, 0.5) is 8.78 Å². The fraction of sp³-hybridized carbons (Fsp3) is 0.200. The van der Waals surface area contributed by atoms with Crippen molar-refractivity contribution in [1.29, 1.82) is 0 Å². The number of nitrogens with zero attached hydrogens (tertiary/aromatic N) is 5. The van der Waals surface area contributed by atoms with Gasteiger partial charge in [-0.3, -0.25) is 0 Å². The minimum absolute atomic E-state index is 0.00835. The Kier molecular flexibility index (Phi) is 4.66. The Morgan fingerprint density at radius 3 is 2.88 bits per heavy atom. The fourth-order valence-corrected chi connectivity index (χ4v) is 2.17. The Labute approximate surface area is 141 Å². The van der Waals surface area contributed by atoms with E-state index in [9.17, 15) is 8.78 Å². The Balaban J connectivity index is 1.75. The van der Waals surface area contributed by atoms with Crippen molar-refractivity contribution in [1.82, 2.24) is 25.0 Å². The van der Waals surface area contributed by atoms with Crippen LogP contribution in [0.3, 0.4) is 0 Å². The van der Waals surface area contributed by atoms with E-state index in [2.05, 4.69) is 20.3 Å². The maximum Gasteiger partial charge on any atom is 0.316 e. The van der Waals surface area contributed by atoms with Gasteiger partial charge in [0.15, 0.2) is 0 Å². The summed E-state index contributed by atoms with van der Waals surface area (Å²) in [5, 5.41) is 7.85. The molecule has 0 spiro atoms. The second-order valence-corrected chi connectivity index (χ2v) is 5.34. The van der Waals surface area contributed by atoms with Gasteiger partial charge in [0.1, 0.15) is 12.3 Å². The molecule has 0 aliphatic heterocycles. The van der Waals surface area contributed by atoms with Gasteiger partial charge >= 0.3 is 6.01 Å². The molecular formula is C15H12ClF2N5O. The molecule has 0 radical (unpaired) electrons. The van der Waals surface area contributed by atoms with Gasteiger partial charge in [-0.2, -0.15) is 0 Å². The maximum absolute atomic E-state index is 12.9. The highest BCUT2D eigenvalue weighted by molar-refractivity contribution is 6.31. The molecule has 24 heavy (non-hydrogen) atoms. The molecule has 0 atom stereocenters. The lowest BCUT2D eigenvalue weighted by Gasteiger charge is -2.06. The van der Waals surface area contributed by atoms with Crippen molar-refractivity contribution in [3.05, 3.63) is 58.6 Å². The van der Waals surface area contributed by atoms with Crippen LogP contribution in [-0.2, 0) is 6.61 Å². The van der Waals surface area contributed by atoms with Crippen LogP contribution >= 0.6 is 11.6 Å². The minimum Gasteiger partial charge on any atom is -0.457 e. The second-order valence-electron chi connectivity index (χ2n) is 4.93. The van der Waals surface area contributed by atoms with Crippen molar-refractivity contribution in [2.75, 3.05) is 0 Å². The molecule has 0 aliphatic rings. The molecule has 2 aromatic heterocycles. The summed E-state index contributed by atoms with van der Waals surface area (Å²) < 4.78 is 32.6. The summed E-state index contributed by atoms with van der Waals surface area (Å²) in [6, 6.07) is 6.24. The van der Waals surface area contributed by atoms with E-state index in [0.29, 0.717) is 11.4 Å². The summed E-state index contributed by atoms with van der Waals surface area (Å²) in [6.45, 7) is 1.94. The van der Waals surface area contributed by atoms with Gasteiger partial charge in [-0.05, 0) is 31.2 Å². The smallest absolute Gasteiger partial charge is 0.316 e. The summed E-state index contributed by atoms with van der Waals surface area (Å²) >= 11 is 5.75. The zero-order valence-corrected chi connectivity index (χ0v) is 13.3. The van der Waals surface area contributed by atoms with Crippen LogP contribution in [0.1, 0.15) is 23.4 Å². The Morgan fingerprint density at radius 2 is 2.12 bits per heavy atom. The highest BCUT2D eigenvalue weighted by Gasteiger charge is 2.14. The number of aryl methyl sites for hydroxylation is 1. The lowest BCUT2D eigenvalue weighted by molar-refractivity contribution is 0.151. The van der Waals surface area contributed by atoms with Crippen molar-refractivity contribution in [3.8, 4) is 11.7 Å². The number of ether oxygens (including phenoxy) is 1. The average Bonchev–Trinajstić information content (AvgIpc) is 3.02. The molecule has 0 saturated heterocycles. The highest BCUT2D eigenvalue weighted by atomic mass is 35.5. The van der Waals surface area contributed by atoms with E-state index in [1.54, 1.807) is 24.5 Å². The molecule has 3 aromatic rings. The summed E-state index contributed by atoms with van der Waals surface area (Å²) in [7, 11) is 0. The average molecular weight is 352 g/mol. The molecule has 0 aliphatic carbocycles. The van der Waals surface area contributed by atoms with Gasteiger partial charge in [-0.15, -0.1) is 5.10 Å². The summed E-state index contributed by atoms with van der Waals surface area (Å²) in [5.74, 6) is 0.